The van der Waals surface area contributed by atoms with Crippen LogP contribution in [0.1, 0.15) is 17.3 Å². The Morgan fingerprint density at radius 2 is 2.14 bits per heavy atom. The van der Waals surface area contributed by atoms with Crippen LogP contribution in [-0.2, 0) is 0 Å². The number of carbonyl (C=O) groups excluding carboxylic acids is 1. The van der Waals surface area contributed by atoms with Crippen LogP contribution in [0.2, 0.25) is 0 Å². The molecule has 2 nitrogen and oxygen atoms in total. The van der Waals surface area contributed by atoms with E-state index in [1.54, 1.807) is 0 Å². The van der Waals surface area contributed by atoms with Gasteiger partial charge in [0, 0.05) is 4.47 Å². The van der Waals surface area contributed by atoms with Crippen molar-refractivity contribution >= 4 is 21.7 Å². The number of benzene rings is 1. The maximum atomic E-state index is 13.2. The second-order valence-corrected chi connectivity index (χ2v) is 3.84. The molecule has 1 aromatic rings. The predicted octanol–water partition coefficient (Wildman–Crippen LogP) is 2.69. The number of ether oxygens (including phenoxy) is 1. The number of hydrogen-bond donors (Lipinski definition) is 0. The molecule has 0 fully saturated rings. The highest BCUT2D eigenvalue weighted by molar-refractivity contribution is 9.10. The molecular formula is C9H5BrF2O2. The van der Waals surface area contributed by atoms with Gasteiger partial charge in [-0.2, -0.15) is 4.39 Å². The average Bonchev–Trinajstić information content (AvgIpc) is 2.40. The number of carbonyl (C=O) groups is 1. The first kappa shape index (κ1) is 9.58. The molecular weight excluding hydrogens is 258 g/mol. The van der Waals surface area contributed by atoms with E-state index in [-0.39, 0.29) is 21.6 Å². The lowest BCUT2D eigenvalue weighted by molar-refractivity contribution is 0.0875. The number of hydrogen-bond acceptors (Lipinski definition) is 2. The van der Waals surface area contributed by atoms with Crippen molar-refractivity contribution in [2.24, 2.45) is 0 Å². The molecule has 0 radical (unpaired) electrons. The molecule has 1 atom stereocenters. The van der Waals surface area contributed by atoms with Crippen molar-refractivity contribution in [1.29, 1.82) is 0 Å². The van der Waals surface area contributed by atoms with E-state index in [4.69, 9.17) is 4.74 Å². The first-order valence-corrected chi connectivity index (χ1v) is 4.70. The third-order valence-corrected chi connectivity index (χ3v) is 2.66. The standard InChI is InChI=1S/C9H5BrF2O2/c1-3-8(13)6-4(10)2-5(11)7(12)9(6)14-3/h2-3H,1H3. The van der Waals surface area contributed by atoms with Crippen LogP contribution in [0.5, 0.6) is 5.75 Å². The van der Waals surface area contributed by atoms with Gasteiger partial charge in [0.25, 0.3) is 0 Å². The zero-order chi connectivity index (χ0) is 10.5. The van der Waals surface area contributed by atoms with Crippen LogP contribution in [-0.4, -0.2) is 11.9 Å². The highest BCUT2D eigenvalue weighted by atomic mass is 79.9. The zero-order valence-corrected chi connectivity index (χ0v) is 8.69. The van der Waals surface area contributed by atoms with E-state index < -0.39 is 17.7 Å². The fraction of sp³-hybridized carbons (Fsp3) is 0.222. The summed E-state index contributed by atoms with van der Waals surface area (Å²) in [5.74, 6) is -2.78. The zero-order valence-electron chi connectivity index (χ0n) is 7.11. The molecule has 1 aromatic carbocycles. The fourth-order valence-corrected chi connectivity index (χ4v) is 1.92. The summed E-state index contributed by atoms with van der Waals surface area (Å²) < 4.78 is 31.2. The van der Waals surface area contributed by atoms with Crippen LogP contribution in [0, 0.1) is 11.6 Å². The second kappa shape index (κ2) is 3.02. The van der Waals surface area contributed by atoms with Gasteiger partial charge < -0.3 is 4.74 Å². The molecule has 2 rings (SSSR count). The first-order valence-electron chi connectivity index (χ1n) is 3.90. The van der Waals surface area contributed by atoms with E-state index in [0.29, 0.717) is 0 Å². The summed E-state index contributed by atoms with van der Waals surface area (Å²) in [5, 5.41) is 0. The van der Waals surface area contributed by atoms with Gasteiger partial charge in [-0.25, -0.2) is 4.39 Å². The summed E-state index contributed by atoms with van der Waals surface area (Å²) >= 11 is 2.99. The van der Waals surface area contributed by atoms with Crippen molar-refractivity contribution in [1.82, 2.24) is 0 Å². The van der Waals surface area contributed by atoms with Crippen LogP contribution >= 0.6 is 15.9 Å². The van der Waals surface area contributed by atoms with Gasteiger partial charge in [0.1, 0.15) is 0 Å². The van der Waals surface area contributed by atoms with Gasteiger partial charge in [0.2, 0.25) is 11.6 Å². The molecule has 14 heavy (non-hydrogen) atoms. The third kappa shape index (κ3) is 1.15. The lowest BCUT2D eigenvalue weighted by Crippen LogP contribution is -2.15. The highest BCUT2D eigenvalue weighted by Gasteiger charge is 2.35. The van der Waals surface area contributed by atoms with Gasteiger partial charge in [-0.15, -0.1) is 0 Å². The molecule has 0 bridgehead atoms. The van der Waals surface area contributed by atoms with Gasteiger partial charge in [-0.05, 0) is 28.9 Å². The van der Waals surface area contributed by atoms with Crippen LogP contribution < -0.4 is 4.74 Å². The average molecular weight is 263 g/mol. The SMILES string of the molecule is CC1Oc2c(F)c(F)cc(Br)c2C1=O. The Balaban J connectivity index is 2.73. The monoisotopic (exact) mass is 262 g/mol. The molecule has 1 aliphatic heterocycles. The van der Waals surface area contributed by atoms with Crippen LogP contribution in [0.3, 0.4) is 0 Å². The van der Waals surface area contributed by atoms with Crippen LogP contribution in [0.15, 0.2) is 10.5 Å². The summed E-state index contributed by atoms with van der Waals surface area (Å²) in [6.07, 6.45) is -0.752. The Bertz CT molecular complexity index is 431. The third-order valence-electron chi connectivity index (χ3n) is 2.04. The summed E-state index contributed by atoms with van der Waals surface area (Å²) in [6, 6.07) is 0.924. The summed E-state index contributed by atoms with van der Waals surface area (Å²) in [7, 11) is 0. The fourth-order valence-electron chi connectivity index (χ4n) is 1.35. The Morgan fingerprint density at radius 1 is 1.50 bits per heavy atom. The number of rotatable bonds is 0. The van der Waals surface area contributed by atoms with Crippen molar-refractivity contribution in [2.45, 2.75) is 13.0 Å². The van der Waals surface area contributed by atoms with Crippen LogP contribution in [0.4, 0.5) is 8.78 Å². The first-order chi connectivity index (χ1) is 6.52. The van der Waals surface area contributed by atoms with Crippen molar-refractivity contribution < 1.29 is 18.3 Å². The van der Waals surface area contributed by atoms with Gasteiger partial charge in [0.05, 0.1) is 5.56 Å². The largest absolute Gasteiger partial charge is 0.479 e. The van der Waals surface area contributed by atoms with Gasteiger partial charge in [0.15, 0.2) is 17.7 Å². The van der Waals surface area contributed by atoms with Crippen molar-refractivity contribution in [3.8, 4) is 5.75 Å². The van der Waals surface area contributed by atoms with E-state index in [1.165, 1.54) is 6.92 Å². The molecule has 1 unspecified atom stereocenters. The van der Waals surface area contributed by atoms with E-state index >= 15 is 0 Å². The Hall–Kier alpha value is -0.970. The lowest BCUT2D eigenvalue weighted by Gasteiger charge is -2.03. The summed E-state index contributed by atoms with van der Waals surface area (Å²) in [6.45, 7) is 1.49. The molecule has 0 spiro atoms. The summed E-state index contributed by atoms with van der Waals surface area (Å²) in [4.78, 5) is 11.4. The number of fused-ring (bicyclic) bond motifs is 1. The van der Waals surface area contributed by atoms with Gasteiger partial charge in [-0.3, -0.25) is 4.79 Å². The highest BCUT2D eigenvalue weighted by Crippen LogP contribution is 2.37. The van der Waals surface area contributed by atoms with Crippen molar-refractivity contribution in [3.63, 3.8) is 0 Å². The van der Waals surface area contributed by atoms with Gasteiger partial charge >= 0.3 is 0 Å². The Labute approximate surface area is 87.0 Å². The topological polar surface area (TPSA) is 26.3 Å². The molecule has 74 valence electrons. The maximum Gasteiger partial charge on any atom is 0.207 e. The predicted molar refractivity (Wildman–Crippen MR) is 48.5 cm³/mol. The minimum absolute atomic E-state index is 0.0800. The minimum atomic E-state index is -1.11. The van der Waals surface area contributed by atoms with Crippen molar-refractivity contribution in [2.75, 3.05) is 0 Å². The summed E-state index contributed by atoms with van der Waals surface area (Å²) in [5.41, 5.74) is 0.0800. The lowest BCUT2D eigenvalue weighted by atomic mass is 10.1. The van der Waals surface area contributed by atoms with Crippen LogP contribution in [0.25, 0.3) is 0 Å². The molecule has 1 heterocycles. The molecule has 0 aliphatic carbocycles. The van der Waals surface area contributed by atoms with E-state index in [1.807, 2.05) is 0 Å². The molecule has 0 N–H and O–H groups in total. The quantitative estimate of drug-likeness (QED) is 0.672. The molecule has 0 saturated carbocycles. The van der Waals surface area contributed by atoms with E-state index in [2.05, 4.69) is 15.9 Å². The normalized spacial score (nSPS) is 19.4. The number of halogens is 3. The molecule has 0 saturated heterocycles. The Morgan fingerprint density at radius 3 is 2.79 bits per heavy atom. The molecule has 1 aliphatic rings. The molecule has 5 heteroatoms. The van der Waals surface area contributed by atoms with Crippen molar-refractivity contribution in [3.05, 3.63) is 27.7 Å². The molecule has 0 aromatic heterocycles. The van der Waals surface area contributed by atoms with E-state index in [9.17, 15) is 13.6 Å². The maximum absolute atomic E-state index is 13.2. The number of ketones is 1. The minimum Gasteiger partial charge on any atom is -0.479 e. The van der Waals surface area contributed by atoms with Gasteiger partial charge in [-0.1, -0.05) is 0 Å². The smallest absolute Gasteiger partial charge is 0.207 e. The number of Topliss-reactive ketones (excluding diaryl/α,β-unsaturated/α-hetero) is 1. The second-order valence-electron chi connectivity index (χ2n) is 2.98. The molecule has 0 amide bonds. The van der Waals surface area contributed by atoms with E-state index in [0.717, 1.165) is 6.07 Å². The Kier molecular flexibility index (Phi) is 2.06.